The SMILES string of the molecule is CC(=Nc1ccccc1Cl)N(C)C. The predicted molar refractivity (Wildman–Crippen MR) is 57.9 cm³/mol. The average molecular weight is 197 g/mol. The molecule has 0 saturated carbocycles. The summed E-state index contributed by atoms with van der Waals surface area (Å²) >= 11 is 5.95. The maximum Gasteiger partial charge on any atom is 0.101 e. The second-order valence-corrected chi connectivity index (χ2v) is 3.41. The first-order chi connectivity index (χ1) is 6.11. The van der Waals surface area contributed by atoms with Gasteiger partial charge in [-0.1, -0.05) is 23.7 Å². The molecule has 70 valence electrons. The van der Waals surface area contributed by atoms with Crippen LogP contribution in [0.15, 0.2) is 29.3 Å². The summed E-state index contributed by atoms with van der Waals surface area (Å²) in [4.78, 5) is 6.32. The molecule has 0 amide bonds. The molecule has 0 fully saturated rings. The first-order valence-electron chi connectivity index (χ1n) is 4.08. The Labute approximate surface area is 83.8 Å². The molecule has 0 bridgehead atoms. The molecule has 0 N–H and O–H groups in total. The van der Waals surface area contributed by atoms with Gasteiger partial charge in [0.25, 0.3) is 0 Å². The summed E-state index contributed by atoms with van der Waals surface area (Å²) in [7, 11) is 3.91. The highest BCUT2D eigenvalue weighted by molar-refractivity contribution is 6.33. The maximum absolute atomic E-state index is 5.95. The van der Waals surface area contributed by atoms with Crippen molar-refractivity contribution in [3.05, 3.63) is 29.3 Å². The molecular weight excluding hydrogens is 184 g/mol. The molecule has 2 nitrogen and oxygen atoms in total. The number of amidine groups is 1. The van der Waals surface area contributed by atoms with Gasteiger partial charge in [-0.2, -0.15) is 0 Å². The highest BCUT2D eigenvalue weighted by atomic mass is 35.5. The number of benzene rings is 1. The number of rotatable bonds is 1. The molecular formula is C10H13ClN2. The normalized spacial score (nSPS) is 11.5. The highest BCUT2D eigenvalue weighted by Gasteiger charge is 1.98. The van der Waals surface area contributed by atoms with Crippen LogP contribution < -0.4 is 0 Å². The maximum atomic E-state index is 5.95. The van der Waals surface area contributed by atoms with Crippen molar-refractivity contribution >= 4 is 23.1 Å². The molecule has 0 unspecified atom stereocenters. The van der Waals surface area contributed by atoms with Gasteiger partial charge in [-0.05, 0) is 19.1 Å². The fraction of sp³-hybridized carbons (Fsp3) is 0.300. The van der Waals surface area contributed by atoms with Crippen LogP contribution in [-0.2, 0) is 0 Å². The van der Waals surface area contributed by atoms with Gasteiger partial charge in [0.2, 0.25) is 0 Å². The van der Waals surface area contributed by atoms with Gasteiger partial charge >= 0.3 is 0 Å². The van der Waals surface area contributed by atoms with Crippen LogP contribution in [0, 0.1) is 0 Å². The van der Waals surface area contributed by atoms with E-state index in [1.807, 2.05) is 50.2 Å². The first-order valence-corrected chi connectivity index (χ1v) is 4.46. The molecule has 3 heteroatoms. The fourth-order valence-corrected chi connectivity index (χ4v) is 0.995. The van der Waals surface area contributed by atoms with Crippen molar-refractivity contribution in [2.24, 2.45) is 4.99 Å². The van der Waals surface area contributed by atoms with Crippen LogP contribution in [0.25, 0.3) is 0 Å². The number of aliphatic imine (C=N–C) groups is 1. The third-order valence-corrected chi connectivity index (χ3v) is 2.10. The molecule has 0 heterocycles. The Morgan fingerprint density at radius 1 is 1.31 bits per heavy atom. The van der Waals surface area contributed by atoms with E-state index in [2.05, 4.69) is 4.99 Å². The van der Waals surface area contributed by atoms with E-state index >= 15 is 0 Å². The van der Waals surface area contributed by atoms with Gasteiger partial charge in [-0.25, -0.2) is 4.99 Å². The van der Waals surface area contributed by atoms with Gasteiger partial charge in [-0.3, -0.25) is 0 Å². The second-order valence-electron chi connectivity index (χ2n) is 3.00. The van der Waals surface area contributed by atoms with Gasteiger partial charge in [0.15, 0.2) is 0 Å². The van der Waals surface area contributed by atoms with Crippen molar-refractivity contribution in [1.29, 1.82) is 0 Å². The minimum absolute atomic E-state index is 0.684. The summed E-state index contributed by atoms with van der Waals surface area (Å²) in [5.41, 5.74) is 0.815. The molecule has 13 heavy (non-hydrogen) atoms. The second kappa shape index (κ2) is 4.28. The summed E-state index contributed by atoms with van der Waals surface area (Å²) in [5, 5.41) is 0.684. The van der Waals surface area contributed by atoms with Crippen LogP contribution in [0.3, 0.4) is 0 Å². The van der Waals surface area contributed by atoms with Gasteiger partial charge in [-0.15, -0.1) is 0 Å². The summed E-state index contributed by atoms with van der Waals surface area (Å²) in [6.07, 6.45) is 0. The minimum atomic E-state index is 0.684. The molecule has 0 aliphatic carbocycles. The Morgan fingerprint density at radius 3 is 2.46 bits per heavy atom. The van der Waals surface area contributed by atoms with E-state index in [-0.39, 0.29) is 0 Å². The van der Waals surface area contributed by atoms with E-state index in [4.69, 9.17) is 11.6 Å². The summed E-state index contributed by atoms with van der Waals surface area (Å²) in [6.45, 7) is 1.95. The van der Waals surface area contributed by atoms with Gasteiger partial charge < -0.3 is 4.90 Å². The summed E-state index contributed by atoms with van der Waals surface area (Å²) in [6, 6.07) is 7.55. The van der Waals surface area contributed by atoms with Crippen molar-refractivity contribution in [2.45, 2.75) is 6.92 Å². The monoisotopic (exact) mass is 196 g/mol. The largest absolute Gasteiger partial charge is 0.366 e. The molecule has 0 atom stereocenters. The van der Waals surface area contributed by atoms with Crippen molar-refractivity contribution in [3.8, 4) is 0 Å². The number of para-hydroxylation sites is 1. The van der Waals surface area contributed by atoms with Crippen LogP contribution >= 0.6 is 11.6 Å². The van der Waals surface area contributed by atoms with E-state index in [0.29, 0.717) is 5.02 Å². The lowest BCUT2D eigenvalue weighted by atomic mass is 10.3. The lowest BCUT2D eigenvalue weighted by molar-refractivity contribution is 0.619. The molecule has 0 saturated heterocycles. The zero-order chi connectivity index (χ0) is 9.84. The third kappa shape index (κ3) is 2.74. The molecule has 0 aromatic heterocycles. The van der Waals surface area contributed by atoms with Crippen LogP contribution in [0.4, 0.5) is 5.69 Å². The fourth-order valence-electron chi connectivity index (χ4n) is 0.817. The van der Waals surface area contributed by atoms with Crippen molar-refractivity contribution in [1.82, 2.24) is 4.90 Å². The molecule has 1 aromatic carbocycles. The predicted octanol–water partition coefficient (Wildman–Crippen LogP) is 2.95. The Hall–Kier alpha value is -1.02. The lowest BCUT2D eigenvalue weighted by Gasteiger charge is -2.11. The van der Waals surface area contributed by atoms with Crippen molar-refractivity contribution in [2.75, 3.05) is 14.1 Å². The van der Waals surface area contributed by atoms with E-state index in [1.165, 1.54) is 0 Å². The van der Waals surface area contributed by atoms with E-state index in [1.54, 1.807) is 0 Å². The van der Waals surface area contributed by atoms with E-state index in [9.17, 15) is 0 Å². The smallest absolute Gasteiger partial charge is 0.101 e. The van der Waals surface area contributed by atoms with Gasteiger partial charge in [0, 0.05) is 14.1 Å². The summed E-state index contributed by atoms with van der Waals surface area (Å²) < 4.78 is 0. The van der Waals surface area contributed by atoms with Crippen molar-refractivity contribution in [3.63, 3.8) is 0 Å². The number of nitrogens with zero attached hydrogens (tertiary/aromatic N) is 2. The number of hydrogen-bond donors (Lipinski definition) is 0. The number of halogens is 1. The van der Waals surface area contributed by atoms with E-state index < -0.39 is 0 Å². The van der Waals surface area contributed by atoms with Gasteiger partial charge in [0.1, 0.15) is 5.84 Å². The quantitative estimate of drug-likeness (QED) is 0.498. The molecule has 0 spiro atoms. The molecule has 0 aliphatic rings. The third-order valence-electron chi connectivity index (χ3n) is 1.78. The Kier molecular flexibility index (Phi) is 3.32. The standard InChI is InChI=1S/C10H13ClN2/c1-8(13(2)3)12-10-7-5-4-6-9(10)11/h4-7H,1-3H3. The zero-order valence-electron chi connectivity index (χ0n) is 8.08. The lowest BCUT2D eigenvalue weighted by Crippen LogP contribution is -2.17. The van der Waals surface area contributed by atoms with Crippen molar-refractivity contribution < 1.29 is 0 Å². The topological polar surface area (TPSA) is 15.6 Å². The van der Waals surface area contributed by atoms with Crippen LogP contribution in [0.2, 0.25) is 5.02 Å². The Morgan fingerprint density at radius 2 is 1.92 bits per heavy atom. The number of hydrogen-bond acceptors (Lipinski definition) is 1. The molecule has 0 radical (unpaired) electrons. The van der Waals surface area contributed by atoms with Crippen LogP contribution in [-0.4, -0.2) is 24.8 Å². The zero-order valence-corrected chi connectivity index (χ0v) is 8.84. The highest BCUT2D eigenvalue weighted by Crippen LogP contribution is 2.23. The van der Waals surface area contributed by atoms with Gasteiger partial charge in [0.05, 0.1) is 10.7 Å². The first kappa shape index (κ1) is 10.1. The van der Waals surface area contributed by atoms with E-state index in [0.717, 1.165) is 11.5 Å². The molecule has 1 rings (SSSR count). The summed E-state index contributed by atoms with van der Waals surface area (Å²) in [5.74, 6) is 0.938. The Bertz CT molecular complexity index is 318. The molecule has 0 aliphatic heterocycles. The Balaban J connectivity index is 2.97. The minimum Gasteiger partial charge on any atom is -0.366 e. The van der Waals surface area contributed by atoms with Crippen LogP contribution in [0.1, 0.15) is 6.92 Å². The van der Waals surface area contributed by atoms with Crippen LogP contribution in [0.5, 0.6) is 0 Å². The molecule has 1 aromatic rings. The average Bonchev–Trinajstić information content (AvgIpc) is 2.08.